The molecule has 100 valence electrons. The van der Waals surface area contributed by atoms with Crippen LogP contribution in [0.15, 0.2) is 24.4 Å². The number of nitrogens with one attached hydrogen (secondary N) is 2. The highest BCUT2D eigenvalue weighted by Crippen LogP contribution is 2.31. The predicted octanol–water partition coefficient (Wildman–Crippen LogP) is 2.99. The SMILES string of the molecule is Cc1cc(-c2cn[nH]c2C2CCCNC2)ccc1F. The molecule has 0 saturated carbocycles. The molecule has 3 rings (SSSR count). The average Bonchev–Trinajstić information content (AvgIpc) is 2.92. The standard InChI is InChI=1S/C15H18FN3/c1-10-7-11(4-5-14(10)16)13-9-18-19-15(13)12-3-2-6-17-8-12/h4-5,7,9,12,17H,2-3,6,8H2,1H3,(H,18,19). The molecular formula is C15H18FN3. The minimum absolute atomic E-state index is 0.159. The predicted molar refractivity (Wildman–Crippen MR) is 73.6 cm³/mol. The van der Waals surface area contributed by atoms with Gasteiger partial charge in [0.1, 0.15) is 5.82 Å². The van der Waals surface area contributed by atoms with Crippen molar-refractivity contribution in [2.45, 2.75) is 25.7 Å². The summed E-state index contributed by atoms with van der Waals surface area (Å²) in [6, 6.07) is 5.24. The second-order valence-corrected chi connectivity index (χ2v) is 5.20. The topological polar surface area (TPSA) is 40.7 Å². The number of piperidine rings is 1. The van der Waals surface area contributed by atoms with Crippen LogP contribution in [0.5, 0.6) is 0 Å². The van der Waals surface area contributed by atoms with E-state index in [0.29, 0.717) is 11.5 Å². The molecule has 1 aromatic carbocycles. The van der Waals surface area contributed by atoms with Crippen LogP contribution in [0.3, 0.4) is 0 Å². The number of aromatic nitrogens is 2. The molecule has 0 bridgehead atoms. The maximum absolute atomic E-state index is 13.4. The van der Waals surface area contributed by atoms with Crippen LogP contribution in [-0.2, 0) is 0 Å². The molecule has 19 heavy (non-hydrogen) atoms. The van der Waals surface area contributed by atoms with Crippen molar-refractivity contribution in [3.8, 4) is 11.1 Å². The van der Waals surface area contributed by atoms with Gasteiger partial charge in [0.2, 0.25) is 0 Å². The lowest BCUT2D eigenvalue weighted by Crippen LogP contribution is -2.28. The third-order valence-corrected chi connectivity index (χ3v) is 3.84. The largest absolute Gasteiger partial charge is 0.316 e. The summed E-state index contributed by atoms with van der Waals surface area (Å²) in [5, 5.41) is 10.7. The van der Waals surface area contributed by atoms with Gasteiger partial charge in [0.05, 0.1) is 6.20 Å². The highest BCUT2D eigenvalue weighted by molar-refractivity contribution is 5.66. The molecule has 1 aliphatic rings. The van der Waals surface area contributed by atoms with E-state index in [1.807, 2.05) is 18.3 Å². The first-order chi connectivity index (χ1) is 9.25. The maximum Gasteiger partial charge on any atom is 0.126 e. The van der Waals surface area contributed by atoms with Gasteiger partial charge in [-0.2, -0.15) is 5.10 Å². The molecule has 0 amide bonds. The number of aromatic amines is 1. The fourth-order valence-electron chi connectivity index (χ4n) is 2.75. The van der Waals surface area contributed by atoms with Gasteiger partial charge in [-0.05, 0) is 49.6 Å². The Morgan fingerprint density at radius 1 is 1.37 bits per heavy atom. The van der Waals surface area contributed by atoms with E-state index in [4.69, 9.17) is 0 Å². The Balaban J connectivity index is 1.96. The zero-order valence-electron chi connectivity index (χ0n) is 11.0. The Bertz CT molecular complexity index is 571. The van der Waals surface area contributed by atoms with E-state index in [1.54, 1.807) is 6.92 Å². The van der Waals surface area contributed by atoms with Crippen LogP contribution in [0.2, 0.25) is 0 Å². The van der Waals surface area contributed by atoms with Gasteiger partial charge in [0, 0.05) is 23.7 Å². The normalized spacial score (nSPS) is 19.6. The van der Waals surface area contributed by atoms with Crippen molar-refractivity contribution in [2.75, 3.05) is 13.1 Å². The zero-order chi connectivity index (χ0) is 13.2. The van der Waals surface area contributed by atoms with Crippen LogP contribution in [0, 0.1) is 12.7 Å². The molecule has 1 atom stereocenters. The number of hydrogen-bond acceptors (Lipinski definition) is 2. The van der Waals surface area contributed by atoms with E-state index < -0.39 is 0 Å². The Hall–Kier alpha value is -1.68. The maximum atomic E-state index is 13.4. The van der Waals surface area contributed by atoms with E-state index in [2.05, 4.69) is 15.5 Å². The van der Waals surface area contributed by atoms with E-state index in [9.17, 15) is 4.39 Å². The van der Waals surface area contributed by atoms with Crippen molar-refractivity contribution in [2.24, 2.45) is 0 Å². The Kier molecular flexibility index (Phi) is 3.34. The first kappa shape index (κ1) is 12.4. The van der Waals surface area contributed by atoms with Gasteiger partial charge in [0.25, 0.3) is 0 Å². The van der Waals surface area contributed by atoms with Gasteiger partial charge >= 0.3 is 0 Å². The molecule has 0 spiro atoms. The van der Waals surface area contributed by atoms with Crippen molar-refractivity contribution in [1.29, 1.82) is 0 Å². The summed E-state index contributed by atoms with van der Waals surface area (Å²) in [7, 11) is 0. The van der Waals surface area contributed by atoms with Crippen molar-refractivity contribution < 1.29 is 4.39 Å². The minimum Gasteiger partial charge on any atom is -0.316 e. The molecule has 1 fully saturated rings. The third-order valence-electron chi connectivity index (χ3n) is 3.84. The summed E-state index contributed by atoms with van der Waals surface area (Å²) in [5.41, 5.74) is 3.97. The van der Waals surface area contributed by atoms with Crippen LogP contribution in [-0.4, -0.2) is 23.3 Å². The van der Waals surface area contributed by atoms with E-state index in [0.717, 1.165) is 24.2 Å². The second kappa shape index (κ2) is 5.13. The molecule has 3 nitrogen and oxygen atoms in total. The Labute approximate surface area is 112 Å². The van der Waals surface area contributed by atoms with E-state index in [-0.39, 0.29) is 5.82 Å². The van der Waals surface area contributed by atoms with Crippen LogP contribution < -0.4 is 5.32 Å². The summed E-state index contributed by atoms with van der Waals surface area (Å²) in [5.74, 6) is 0.310. The summed E-state index contributed by atoms with van der Waals surface area (Å²) in [6.45, 7) is 3.87. The fourth-order valence-corrected chi connectivity index (χ4v) is 2.75. The van der Waals surface area contributed by atoms with Gasteiger partial charge in [-0.15, -0.1) is 0 Å². The molecule has 1 aromatic heterocycles. The number of H-pyrrole nitrogens is 1. The first-order valence-electron chi connectivity index (χ1n) is 6.76. The average molecular weight is 259 g/mol. The van der Waals surface area contributed by atoms with Crippen molar-refractivity contribution in [3.63, 3.8) is 0 Å². The second-order valence-electron chi connectivity index (χ2n) is 5.20. The number of hydrogen-bond donors (Lipinski definition) is 2. The summed E-state index contributed by atoms with van der Waals surface area (Å²) in [6.07, 6.45) is 4.20. The van der Waals surface area contributed by atoms with Gasteiger partial charge < -0.3 is 5.32 Å². The molecule has 1 unspecified atom stereocenters. The van der Waals surface area contributed by atoms with Crippen molar-refractivity contribution in [1.82, 2.24) is 15.5 Å². The zero-order valence-corrected chi connectivity index (χ0v) is 11.0. The molecule has 1 saturated heterocycles. The molecule has 2 heterocycles. The first-order valence-corrected chi connectivity index (χ1v) is 6.76. The highest BCUT2D eigenvalue weighted by atomic mass is 19.1. The van der Waals surface area contributed by atoms with Crippen LogP contribution in [0.1, 0.15) is 30.0 Å². The summed E-state index contributed by atoms with van der Waals surface area (Å²) in [4.78, 5) is 0. The molecule has 1 aliphatic heterocycles. The van der Waals surface area contributed by atoms with Gasteiger partial charge in [-0.25, -0.2) is 4.39 Å². The molecule has 2 N–H and O–H groups in total. The lowest BCUT2D eigenvalue weighted by atomic mass is 9.91. The van der Waals surface area contributed by atoms with Gasteiger partial charge in [-0.1, -0.05) is 6.07 Å². The van der Waals surface area contributed by atoms with Crippen LogP contribution >= 0.6 is 0 Å². The molecule has 4 heteroatoms. The van der Waals surface area contributed by atoms with Crippen LogP contribution in [0.25, 0.3) is 11.1 Å². The minimum atomic E-state index is -0.159. The van der Waals surface area contributed by atoms with Gasteiger partial charge in [-0.3, -0.25) is 5.10 Å². The van der Waals surface area contributed by atoms with Crippen molar-refractivity contribution in [3.05, 3.63) is 41.5 Å². The highest BCUT2D eigenvalue weighted by Gasteiger charge is 2.20. The quantitative estimate of drug-likeness (QED) is 0.870. The molecule has 0 aliphatic carbocycles. The monoisotopic (exact) mass is 259 g/mol. The number of halogens is 1. The molecule has 0 radical (unpaired) electrons. The third kappa shape index (κ3) is 2.40. The van der Waals surface area contributed by atoms with E-state index >= 15 is 0 Å². The fraction of sp³-hybridized carbons (Fsp3) is 0.400. The number of rotatable bonds is 2. The summed E-state index contributed by atoms with van der Waals surface area (Å²) >= 11 is 0. The Morgan fingerprint density at radius 3 is 3.00 bits per heavy atom. The number of nitrogens with zero attached hydrogens (tertiary/aromatic N) is 1. The smallest absolute Gasteiger partial charge is 0.126 e. The number of aryl methyl sites for hydroxylation is 1. The Morgan fingerprint density at radius 2 is 2.26 bits per heavy atom. The lowest BCUT2D eigenvalue weighted by Gasteiger charge is -2.22. The van der Waals surface area contributed by atoms with Gasteiger partial charge in [0.15, 0.2) is 0 Å². The molecular weight excluding hydrogens is 241 g/mol. The van der Waals surface area contributed by atoms with Crippen molar-refractivity contribution >= 4 is 0 Å². The molecule has 2 aromatic rings. The van der Waals surface area contributed by atoms with E-state index in [1.165, 1.54) is 24.6 Å². The van der Waals surface area contributed by atoms with Crippen LogP contribution in [0.4, 0.5) is 4.39 Å². The lowest BCUT2D eigenvalue weighted by molar-refractivity contribution is 0.455. The summed E-state index contributed by atoms with van der Waals surface area (Å²) < 4.78 is 13.4. The number of benzene rings is 1.